The van der Waals surface area contributed by atoms with E-state index in [1.807, 2.05) is 0 Å². The van der Waals surface area contributed by atoms with Crippen LogP contribution >= 0.6 is 0 Å². The van der Waals surface area contributed by atoms with E-state index in [-0.39, 0.29) is 5.88 Å². The van der Waals surface area contributed by atoms with Gasteiger partial charge in [0.1, 0.15) is 11.8 Å². The molecule has 94 valence electrons. The Morgan fingerprint density at radius 3 is 2.61 bits per heavy atom. The van der Waals surface area contributed by atoms with Crippen LogP contribution in [0.25, 0.3) is 0 Å². The maximum Gasteiger partial charge on any atom is 0.238 e. The van der Waals surface area contributed by atoms with Crippen LogP contribution in [0.1, 0.15) is 17.5 Å². The standard InChI is InChI=1S/C12H13N3O3/c1-17-9-5-3-4-8(15-9)11(16)10-12(18-2)14-7-6-13-10/h3-7,11,16H,1-2H3. The molecular weight excluding hydrogens is 234 g/mol. The Morgan fingerprint density at radius 2 is 1.89 bits per heavy atom. The van der Waals surface area contributed by atoms with Gasteiger partial charge in [-0.1, -0.05) is 6.07 Å². The van der Waals surface area contributed by atoms with E-state index in [9.17, 15) is 5.11 Å². The molecule has 0 saturated carbocycles. The van der Waals surface area contributed by atoms with Gasteiger partial charge in [-0.25, -0.2) is 9.97 Å². The summed E-state index contributed by atoms with van der Waals surface area (Å²) >= 11 is 0. The van der Waals surface area contributed by atoms with Gasteiger partial charge in [0.2, 0.25) is 11.8 Å². The van der Waals surface area contributed by atoms with Crippen molar-refractivity contribution in [2.45, 2.75) is 6.10 Å². The molecule has 0 amide bonds. The highest BCUT2D eigenvalue weighted by molar-refractivity contribution is 5.28. The average Bonchev–Trinajstić information content (AvgIpc) is 2.46. The Kier molecular flexibility index (Phi) is 3.69. The van der Waals surface area contributed by atoms with Crippen molar-refractivity contribution in [3.8, 4) is 11.8 Å². The third kappa shape index (κ3) is 2.38. The highest BCUT2D eigenvalue weighted by Crippen LogP contribution is 2.25. The SMILES string of the molecule is COc1cccc(C(O)c2nccnc2OC)n1. The summed E-state index contributed by atoms with van der Waals surface area (Å²) in [6.45, 7) is 0. The molecule has 1 unspecified atom stereocenters. The van der Waals surface area contributed by atoms with Gasteiger partial charge < -0.3 is 14.6 Å². The van der Waals surface area contributed by atoms with E-state index in [4.69, 9.17) is 9.47 Å². The van der Waals surface area contributed by atoms with Gasteiger partial charge in [-0.2, -0.15) is 0 Å². The fraction of sp³-hybridized carbons (Fsp3) is 0.250. The number of ether oxygens (including phenoxy) is 2. The fourth-order valence-corrected chi connectivity index (χ4v) is 1.52. The van der Waals surface area contributed by atoms with Gasteiger partial charge in [-0.15, -0.1) is 0 Å². The second-order valence-corrected chi connectivity index (χ2v) is 3.46. The first-order chi connectivity index (χ1) is 8.76. The first kappa shape index (κ1) is 12.3. The minimum Gasteiger partial charge on any atom is -0.481 e. The van der Waals surface area contributed by atoms with Crippen LogP contribution in [-0.4, -0.2) is 34.3 Å². The first-order valence-electron chi connectivity index (χ1n) is 5.30. The van der Waals surface area contributed by atoms with E-state index < -0.39 is 6.10 Å². The lowest BCUT2D eigenvalue weighted by Gasteiger charge is -2.12. The van der Waals surface area contributed by atoms with Gasteiger partial charge >= 0.3 is 0 Å². The second kappa shape index (κ2) is 5.42. The summed E-state index contributed by atoms with van der Waals surface area (Å²) in [6.07, 6.45) is 1.97. The van der Waals surface area contributed by atoms with Crippen LogP contribution in [0.5, 0.6) is 11.8 Å². The molecule has 0 aliphatic heterocycles. The number of nitrogens with zero attached hydrogens (tertiary/aromatic N) is 3. The first-order valence-corrected chi connectivity index (χ1v) is 5.30. The summed E-state index contributed by atoms with van der Waals surface area (Å²) < 4.78 is 10.1. The van der Waals surface area contributed by atoms with E-state index in [0.29, 0.717) is 17.3 Å². The zero-order valence-corrected chi connectivity index (χ0v) is 10.1. The molecule has 1 atom stereocenters. The average molecular weight is 247 g/mol. The molecule has 0 radical (unpaired) electrons. The highest BCUT2D eigenvalue weighted by atomic mass is 16.5. The molecule has 0 aromatic carbocycles. The van der Waals surface area contributed by atoms with Crippen LogP contribution in [0.4, 0.5) is 0 Å². The molecule has 18 heavy (non-hydrogen) atoms. The number of methoxy groups -OCH3 is 2. The molecule has 1 N–H and O–H groups in total. The molecule has 0 aliphatic carbocycles. The topological polar surface area (TPSA) is 77.4 Å². The summed E-state index contributed by atoms with van der Waals surface area (Å²) in [5.41, 5.74) is 0.744. The Bertz CT molecular complexity index is 533. The van der Waals surface area contributed by atoms with Crippen molar-refractivity contribution in [3.05, 3.63) is 42.0 Å². The molecule has 2 aromatic rings. The Balaban J connectivity index is 2.37. The number of pyridine rings is 1. The summed E-state index contributed by atoms with van der Waals surface area (Å²) in [5, 5.41) is 10.2. The van der Waals surface area contributed by atoms with Gasteiger partial charge in [0.05, 0.1) is 19.9 Å². The maximum absolute atomic E-state index is 10.2. The zero-order chi connectivity index (χ0) is 13.0. The van der Waals surface area contributed by atoms with E-state index in [1.54, 1.807) is 18.2 Å². The van der Waals surface area contributed by atoms with Crippen molar-refractivity contribution in [2.24, 2.45) is 0 Å². The summed E-state index contributed by atoms with van der Waals surface area (Å²) in [4.78, 5) is 12.2. The lowest BCUT2D eigenvalue weighted by atomic mass is 10.1. The molecule has 2 heterocycles. The van der Waals surface area contributed by atoms with E-state index >= 15 is 0 Å². The van der Waals surface area contributed by atoms with E-state index in [1.165, 1.54) is 26.6 Å². The molecule has 6 nitrogen and oxygen atoms in total. The van der Waals surface area contributed by atoms with Crippen molar-refractivity contribution < 1.29 is 14.6 Å². The van der Waals surface area contributed by atoms with Crippen molar-refractivity contribution in [3.63, 3.8) is 0 Å². The summed E-state index contributed by atoms with van der Waals surface area (Å²) in [7, 11) is 2.99. The molecule has 0 spiro atoms. The number of aromatic nitrogens is 3. The molecule has 0 aliphatic rings. The van der Waals surface area contributed by atoms with Gasteiger partial charge in [0.25, 0.3) is 0 Å². The molecule has 6 heteroatoms. The number of rotatable bonds is 4. The second-order valence-electron chi connectivity index (χ2n) is 3.46. The molecule has 2 aromatic heterocycles. The monoisotopic (exact) mass is 247 g/mol. The van der Waals surface area contributed by atoms with Crippen molar-refractivity contribution in [1.29, 1.82) is 0 Å². The Labute approximate surface area is 104 Å². The van der Waals surface area contributed by atoms with Gasteiger partial charge in [0, 0.05) is 18.5 Å². The number of hydrogen-bond donors (Lipinski definition) is 1. The Hall–Kier alpha value is -2.21. The van der Waals surface area contributed by atoms with E-state index in [2.05, 4.69) is 15.0 Å². The maximum atomic E-state index is 10.2. The molecule has 0 saturated heterocycles. The smallest absolute Gasteiger partial charge is 0.238 e. The quantitative estimate of drug-likeness (QED) is 0.867. The minimum atomic E-state index is -1.01. The molecule has 0 fully saturated rings. The number of aliphatic hydroxyl groups is 1. The van der Waals surface area contributed by atoms with Gasteiger partial charge in [-0.05, 0) is 6.07 Å². The summed E-state index contributed by atoms with van der Waals surface area (Å²) in [5.74, 6) is 0.698. The zero-order valence-electron chi connectivity index (χ0n) is 10.1. The van der Waals surface area contributed by atoms with Crippen LogP contribution in [0.2, 0.25) is 0 Å². The third-order valence-corrected chi connectivity index (χ3v) is 2.38. The number of aliphatic hydroxyl groups excluding tert-OH is 1. The fourth-order valence-electron chi connectivity index (χ4n) is 1.52. The van der Waals surface area contributed by atoms with Crippen LogP contribution < -0.4 is 9.47 Å². The summed E-state index contributed by atoms with van der Waals surface area (Å²) in [6, 6.07) is 5.12. The molecular formula is C12H13N3O3. The van der Waals surface area contributed by atoms with Crippen LogP contribution in [0, 0.1) is 0 Å². The predicted molar refractivity (Wildman–Crippen MR) is 63.4 cm³/mol. The molecule has 2 rings (SSSR count). The normalized spacial score (nSPS) is 11.9. The minimum absolute atomic E-state index is 0.273. The van der Waals surface area contributed by atoms with Crippen molar-refractivity contribution in [1.82, 2.24) is 15.0 Å². The third-order valence-electron chi connectivity index (χ3n) is 2.38. The van der Waals surface area contributed by atoms with Gasteiger partial charge in [0.15, 0.2) is 0 Å². The molecule has 0 bridgehead atoms. The largest absolute Gasteiger partial charge is 0.481 e. The lowest BCUT2D eigenvalue weighted by Crippen LogP contribution is -2.08. The Morgan fingerprint density at radius 1 is 1.11 bits per heavy atom. The van der Waals surface area contributed by atoms with Crippen LogP contribution in [-0.2, 0) is 0 Å². The van der Waals surface area contributed by atoms with Gasteiger partial charge in [-0.3, -0.25) is 4.98 Å². The lowest BCUT2D eigenvalue weighted by molar-refractivity contribution is 0.201. The van der Waals surface area contributed by atoms with Crippen molar-refractivity contribution >= 4 is 0 Å². The van der Waals surface area contributed by atoms with Crippen LogP contribution in [0.3, 0.4) is 0 Å². The predicted octanol–water partition coefficient (Wildman–Crippen LogP) is 0.970. The highest BCUT2D eigenvalue weighted by Gasteiger charge is 2.19. The van der Waals surface area contributed by atoms with Crippen LogP contribution in [0.15, 0.2) is 30.6 Å². The van der Waals surface area contributed by atoms with E-state index in [0.717, 1.165) is 0 Å². The number of hydrogen-bond acceptors (Lipinski definition) is 6. The van der Waals surface area contributed by atoms with Crippen molar-refractivity contribution in [2.75, 3.05) is 14.2 Å².